The highest BCUT2D eigenvalue weighted by molar-refractivity contribution is 7.90. The molecule has 5 nitrogen and oxygen atoms in total. The number of nitrogens with two attached hydrogens (primary N) is 1. The molecule has 0 saturated carbocycles. The van der Waals surface area contributed by atoms with E-state index in [1.54, 1.807) is 18.2 Å². The maximum absolute atomic E-state index is 12.0. The zero-order valence-electron chi connectivity index (χ0n) is 15.6. The van der Waals surface area contributed by atoms with Crippen LogP contribution in [0.15, 0.2) is 65.6 Å². The van der Waals surface area contributed by atoms with E-state index in [2.05, 4.69) is 10.6 Å². The zero-order valence-corrected chi connectivity index (χ0v) is 16.5. The number of aryl methyl sites for hydroxylation is 1. The fourth-order valence-electron chi connectivity index (χ4n) is 3.65. The van der Waals surface area contributed by atoms with E-state index in [0.717, 1.165) is 32.9 Å². The maximum Gasteiger partial charge on any atom is 0.249 e. The van der Waals surface area contributed by atoms with Gasteiger partial charge in [-0.15, -0.1) is 0 Å². The molecule has 4 rings (SSSR count). The standard InChI is InChI=1S/C22H20N2O3S/c1-14-6-11-17-20(12-14)24(19-5-3-4-18(21(17)19)22(23)25)13-15-7-9-16(10-8-15)28(2,26)27/h3-12H,13H2,1-2H3,(H2,23,25). The first-order valence-electron chi connectivity index (χ1n) is 8.86. The number of fused-ring (bicyclic) bond motifs is 3. The lowest BCUT2D eigenvalue weighted by atomic mass is 10.1. The fraction of sp³-hybridized carbons (Fsp3) is 0.136. The molecule has 3 aromatic carbocycles. The van der Waals surface area contributed by atoms with Crippen LogP contribution in [0, 0.1) is 6.92 Å². The third-order valence-electron chi connectivity index (χ3n) is 5.00. The summed E-state index contributed by atoms with van der Waals surface area (Å²) in [5.74, 6) is -0.456. The zero-order chi connectivity index (χ0) is 20.1. The van der Waals surface area contributed by atoms with Gasteiger partial charge in [-0.1, -0.05) is 30.3 Å². The van der Waals surface area contributed by atoms with Crippen molar-refractivity contribution in [3.63, 3.8) is 0 Å². The number of benzene rings is 3. The Labute approximate surface area is 163 Å². The molecule has 142 valence electrons. The average molecular weight is 392 g/mol. The predicted octanol–water partition coefficient (Wildman–Crippen LogP) is 3.65. The van der Waals surface area contributed by atoms with Crippen molar-refractivity contribution in [2.45, 2.75) is 18.4 Å². The minimum absolute atomic E-state index is 0.297. The number of carbonyl (C=O) groups is 1. The number of primary amides is 1. The van der Waals surface area contributed by atoms with E-state index in [1.807, 2.05) is 43.3 Å². The minimum atomic E-state index is -3.23. The summed E-state index contributed by atoms with van der Waals surface area (Å²) in [4.78, 5) is 12.3. The normalized spacial score (nSPS) is 11.9. The Morgan fingerprint density at radius 2 is 1.71 bits per heavy atom. The summed E-state index contributed by atoms with van der Waals surface area (Å²) in [7, 11) is -3.23. The lowest BCUT2D eigenvalue weighted by Gasteiger charge is -2.09. The third kappa shape index (κ3) is 3.05. The molecule has 4 aromatic rings. The van der Waals surface area contributed by atoms with Gasteiger partial charge in [-0.05, 0) is 48.4 Å². The lowest BCUT2D eigenvalue weighted by molar-refractivity contribution is 0.100. The van der Waals surface area contributed by atoms with Gasteiger partial charge in [0.25, 0.3) is 0 Å². The van der Waals surface area contributed by atoms with E-state index >= 15 is 0 Å². The van der Waals surface area contributed by atoms with Crippen molar-refractivity contribution in [1.82, 2.24) is 4.57 Å². The van der Waals surface area contributed by atoms with Crippen molar-refractivity contribution in [2.75, 3.05) is 6.26 Å². The second-order valence-corrected chi connectivity index (χ2v) is 9.10. The fourth-order valence-corrected chi connectivity index (χ4v) is 4.29. The van der Waals surface area contributed by atoms with E-state index in [0.29, 0.717) is 17.0 Å². The van der Waals surface area contributed by atoms with Gasteiger partial charge in [0, 0.05) is 34.7 Å². The Bertz CT molecular complexity index is 1330. The molecule has 1 amide bonds. The van der Waals surface area contributed by atoms with Gasteiger partial charge in [-0.2, -0.15) is 0 Å². The maximum atomic E-state index is 12.0. The molecule has 2 N–H and O–H groups in total. The van der Waals surface area contributed by atoms with Crippen LogP contribution in [0.4, 0.5) is 0 Å². The Balaban J connectivity index is 1.94. The van der Waals surface area contributed by atoms with Gasteiger partial charge in [-0.25, -0.2) is 8.42 Å². The van der Waals surface area contributed by atoms with Crippen LogP contribution in [0.5, 0.6) is 0 Å². The molecular weight excluding hydrogens is 372 g/mol. The summed E-state index contributed by atoms with van der Waals surface area (Å²) in [6, 6.07) is 18.6. The smallest absolute Gasteiger partial charge is 0.249 e. The largest absolute Gasteiger partial charge is 0.366 e. The molecule has 0 aliphatic carbocycles. The van der Waals surface area contributed by atoms with Gasteiger partial charge < -0.3 is 10.3 Å². The first kappa shape index (κ1) is 18.3. The highest BCUT2D eigenvalue weighted by Crippen LogP contribution is 2.33. The summed E-state index contributed by atoms with van der Waals surface area (Å²) in [5.41, 5.74) is 10.1. The van der Waals surface area contributed by atoms with Crippen molar-refractivity contribution < 1.29 is 13.2 Å². The first-order valence-corrected chi connectivity index (χ1v) is 10.8. The van der Waals surface area contributed by atoms with Gasteiger partial charge >= 0.3 is 0 Å². The van der Waals surface area contributed by atoms with Crippen LogP contribution in [-0.4, -0.2) is 25.1 Å². The molecule has 0 bridgehead atoms. The van der Waals surface area contributed by atoms with Crippen LogP contribution >= 0.6 is 0 Å². The van der Waals surface area contributed by atoms with E-state index in [4.69, 9.17) is 5.73 Å². The summed E-state index contributed by atoms with van der Waals surface area (Å²) in [6.07, 6.45) is 1.20. The molecule has 0 atom stereocenters. The van der Waals surface area contributed by atoms with Crippen molar-refractivity contribution in [2.24, 2.45) is 5.73 Å². The molecule has 0 saturated heterocycles. The van der Waals surface area contributed by atoms with Gasteiger partial charge in [0.05, 0.1) is 10.4 Å². The highest BCUT2D eigenvalue weighted by Gasteiger charge is 2.17. The number of nitrogens with zero attached hydrogens (tertiary/aromatic N) is 1. The van der Waals surface area contributed by atoms with E-state index < -0.39 is 15.7 Å². The molecule has 0 unspecified atom stereocenters. The van der Waals surface area contributed by atoms with Gasteiger partial charge in [-0.3, -0.25) is 4.79 Å². The Morgan fingerprint density at radius 1 is 1.00 bits per heavy atom. The summed E-state index contributed by atoms with van der Waals surface area (Å²) in [6.45, 7) is 2.58. The summed E-state index contributed by atoms with van der Waals surface area (Å²) in [5, 5.41) is 1.82. The van der Waals surface area contributed by atoms with Crippen molar-refractivity contribution in [3.05, 3.63) is 77.4 Å². The van der Waals surface area contributed by atoms with E-state index in [1.165, 1.54) is 6.26 Å². The molecule has 0 spiro atoms. The molecule has 1 aromatic heterocycles. The first-order chi connectivity index (χ1) is 13.3. The molecule has 28 heavy (non-hydrogen) atoms. The van der Waals surface area contributed by atoms with Crippen molar-refractivity contribution in [3.8, 4) is 0 Å². The third-order valence-corrected chi connectivity index (χ3v) is 6.13. The number of rotatable bonds is 4. The summed E-state index contributed by atoms with van der Waals surface area (Å²) >= 11 is 0. The van der Waals surface area contributed by atoms with Crippen molar-refractivity contribution >= 4 is 37.6 Å². The number of hydrogen-bond donors (Lipinski definition) is 1. The van der Waals surface area contributed by atoms with Crippen LogP contribution in [0.25, 0.3) is 21.8 Å². The Hall–Kier alpha value is -3.12. The topological polar surface area (TPSA) is 82.2 Å². The summed E-state index contributed by atoms with van der Waals surface area (Å²) < 4.78 is 25.5. The molecule has 6 heteroatoms. The van der Waals surface area contributed by atoms with E-state index in [-0.39, 0.29) is 0 Å². The Kier molecular flexibility index (Phi) is 4.23. The van der Waals surface area contributed by atoms with Crippen LogP contribution in [0.2, 0.25) is 0 Å². The van der Waals surface area contributed by atoms with E-state index in [9.17, 15) is 13.2 Å². The van der Waals surface area contributed by atoms with Gasteiger partial charge in [0.2, 0.25) is 5.91 Å². The molecule has 1 heterocycles. The van der Waals surface area contributed by atoms with Crippen LogP contribution in [-0.2, 0) is 16.4 Å². The van der Waals surface area contributed by atoms with Gasteiger partial charge in [0.15, 0.2) is 9.84 Å². The second kappa shape index (κ2) is 6.49. The molecular formula is C22H20N2O3S. The average Bonchev–Trinajstić information content (AvgIpc) is 2.94. The van der Waals surface area contributed by atoms with Crippen LogP contribution in [0.3, 0.4) is 0 Å². The highest BCUT2D eigenvalue weighted by atomic mass is 32.2. The number of aromatic nitrogens is 1. The molecule has 0 aliphatic rings. The van der Waals surface area contributed by atoms with Crippen LogP contribution < -0.4 is 5.73 Å². The molecule has 0 radical (unpaired) electrons. The number of amides is 1. The van der Waals surface area contributed by atoms with Crippen LogP contribution in [0.1, 0.15) is 21.5 Å². The lowest BCUT2D eigenvalue weighted by Crippen LogP contribution is -2.11. The number of carbonyl (C=O) groups excluding carboxylic acids is 1. The minimum Gasteiger partial charge on any atom is -0.366 e. The SMILES string of the molecule is Cc1ccc2c3c(C(N)=O)cccc3n(Cc3ccc(S(C)(=O)=O)cc3)c2c1. The predicted molar refractivity (Wildman–Crippen MR) is 111 cm³/mol. The van der Waals surface area contributed by atoms with Crippen molar-refractivity contribution in [1.29, 1.82) is 0 Å². The second-order valence-electron chi connectivity index (χ2n) is 7.09. The number of hydrogen-bond acceptors (Lipinski definition) is 3. The Morgan fingerprint density at radius 3 is 2.36 bits per heavy atom. The van der Waals surface area contributed by atoms with Gasteiger partial charge in [0.1, 0.15) is 0 Å². The molecule has 0 aliphatic heterocycles. The quantitative estimate of drug-likeness (QED) is 0.575. The molecule has 0 fully saturated rings. The monoisotopic (exact) mass is 392 g/mol. The number of sulfone groups is 1.